The van der Waals surface area contributed by atoms with Gasteiger partial charge in [-0.2, -0.15) is 0 Å². The maximum absolute atomic E-state index is 13.9. The molecule has 17 heteroatoms. The molecule has 3 aromatic rings. The lowest BCUT2D eigenvalue weighted by atomic mass is 9.93. The predicted molar refractivity (Wildman–Crippen MR) is 261 cm³/mol. The van der Waals surface area contributed by atoms with Gasteiger partial charge in [0.2, 0.25) is 24.2 Å². The van der Waals surface area contributed by atoms with Gasteiger partial charge in [0.25, 0.3) is 0 Å². The lowest BCUT2D eigenvalue weighted by Crippen LogP contribution is -2.65. The Labute approximate surface area is 413 Å². The molecule has 0 unspecified atom stereocenters. The van der Waals surface area contributed by atoms with E-state index in [0.29, 0.717) is 30.8 Å². The van der Waals surface area contributed by atoms with Gasteiger partial charge in [-0.15, -0.1) is 5.10 Å². The third-order valence-corrected chi connectivity index (χ3v) is 11.3. The minimum absolute atomic E-state index is 0.00106. The Hall–Kier alpha value is -5.52. The van der Waals surface area contributed by atoms with Crippen molar-refractivity contribution >= 4 is 29.8 Å². The van der Waals surface area contributed by atoms with E-state index in [1.165, 1.54) is 0 Å². The number of nitrogens with one attached hydrogen (secondary N) is 1. The first-order valence-corrected chi connectivity index (χ1v) is 24.0. The van der Waals surface area contributed by atoms with Gasteiger partial charge in [0.15, 0.2) is 12.2 Å². The van der Waals surface area contributed by atoms with E-state index < -0.39 is 94.9 Å². The van der Waals surface area contributed by atoms with E-state index in [4.69, 9.17) is 38.9 Å². The Kier molecular flexibility index (Phi) is 19.2. The highest BCUT2D eigenvalue weighted by Gasteiger charge is 2.56. The Morgan fingerprint density at radius 1 is 0.786 bits per heavy atom. The molecule has 17 nitrogen and oxygen atoms in total. The number of aliphatic hydroxyl groups is 1. The fraction of sp³-hybridized carbons (Fsp3) is 0.623. The van der Waals surface area contributed by atoms with Crippen molar-refractivity contribution in [2.24, 2.45) is 27.4 Å². The number of hydrogen-bond donors (Lipinski definition) is 3. The maximum atomic E-state index is 13.9. The molecule has 388 valence electrons. The monoisotopic (exact) mass is 979 g/mol. The smallest absolute Gasteiger partial charge is 0.311 e. The summed E-state index contributed by atoms with van der Waals surface area (Å²) in [6.07, 6.45) is -7.71. The van der Waals surface area contributed by atoms with Crippen LogP contribution in [-0.2, 0) is 60.6 Å². The third-order valence-electron chi connectivity index (χ3n) is 11.3. The van der Waals surface area contributed by atoms with Gasteiger partial charge in [-0.3, -0.25) is 34.0 Å². The van der Waals surface area contributed by atoms with Gasteiger partial charge >= 0.3 is 23.9 Å². The van der Waals surface area contributed by atoms with Gasteiger partial charge in [0.05, 0.1) is 21.7 Å². The SMILES string of the molecule is Cc1cc(OC[C@@H](O)CN(CCC(N)=O)Cc2ccccc2)ccc1Cc1c(O[C@@H]2O[C@H](COC(=O)C(C)(C)C)[C@@H](OC(=O)C(C)(C)C)[C@H](OC(=O)C(C)(C)C)[C@H]2OC(=O)C(C)(C)C)n[nH]c1C(C)C. The molecule has 1 aromatic heterocycles. The van der Waals surface area contributed by atoms with Gasteiger partial charge in [-0.1, -0.05) is 50.2 Å². The van der Waals surface area contributed by atoms with E-state index in [-0.39, 0.29) is 31.4 Å². The number of hydrogen-bond acceptors (Lipinski definition) is 15. The number of aliphatic hydroxyl groups excluding tert-OH is 1. The largest absolute Gasteiger partial charge is 0.491 e. The summed E-state index contributed by atoms with van der Waals surface area (Å²) in [5.41, 5.74) is 5.58. The minimum Gasteiger partial charge on any atom is -0.491 e. The molecule has 1 aliphatic rings. The number of amides is 1. The zero-order valence-corrected chi connectivity index (χ0v) is 43.9. The van der Waals surface area contributed by atoms with Gasteiger partial charge < -0.3 is 44.0 Å². The quantitative estimate of drug-likeness (QED) is 0.0757. The highest BCUT2D eigenvalue weighted by Crippen LogP contribution is 2.37. The summed E-state index contributed by atoms with van der Waals surface area (Å²) in [4.78, 5) is 68.1. The minimum atomic E-state index is -1.54. The molecule has 0 bridgehead atoms. The fourth-order valence-corrected chi connectivity index (χ4v) is 7.04. The highest BCUT2D eigenvalue weighted by molar-refractivity contribution is 5.78. The Morgan fingerprint density at radius 3 is 1.87 bits per heavy atom. The van der Waals surface area contributed by atoms with Crippen molar-refractivity contribution in [2.45, 2.75) is 166 Å². The van der Waals surface area contributed by atoms with E-state index in [1.54, 1.807) is 83.1 Å². The number of aromatic amines is 1. The van der Waals surface area contributed by atoms with Crippen LogP contribution in [0.15, 0.2) is 48.5 Å². The summed E-state index contributed by atoms with van der Waals surface area (Å²) in [6, 6.07) is 15.3. The summed E-state index contributed by atoms with van der Waals surface area (Å²) in [5, 5.41) is 18.7. The van der Waals surface area contributed by atoms with Gasteiger partial charge in [0.1, 0.15) is 31.2 Å². The molecule has 6 atom stereocenters. The van der Waals surface area contributed by atoms with Crippen molar-refractivity contribution in [3.05, 3.63) is 76.5 Å². The van der Waals surface area contributed by atoms with Crippen LogP contribution < -0.4 is 15.2 Å². The van der Waals surface area contributed by atoms with Crippen molar-refractivity contribution in [3.8, 4) is 11.6 Å². The van der Waals surface area contributed by atoms with Crippen LogP contribution in [0.25, 0.3) is 0 Å². The number of benzene rings is 2. The molecule has 0 radical (unpaired) electrons. The van der Waals surface area contributed by atoms with Crippen molar-refractivity contribution in [2.75, 3.05) is 26.3 Å². The van der Waals surface area contributed by atoms with Crippen molar-refractivity contribution in [1.29, 1.82) is 0 Å². The Balaban J connectivity index is 1.70. The van der Waals surface area contributed by atoms with Gasteiger partial charge in [0, 0.05) is 43.7 Å². The molecule has 4 N–H and O–H groups in total. The van der Waals surface area contributed by atoms with Crippen LogP contribution in [0.1, 0.15) is 137 Å². The van der Waals surface area contributed by atoms with E-state index in [1.807, 2.05) is 74.2 Å². The van der Waals surface area contributed by atoms with Crippen LogP contribution in [-0.4, -0.2) is 113 Å². The molecule has 0 aliphatic carbocycles. The molecule has 1 aliphatic heterocycles. The normalized spacial score (nSPS) is 19.3. The summed E-state index contributed by atoms with van der Waals surface area (Å²) in [7, 11) is 0. The van der Waals surface area contributed by atoms with Crippen LogP contribution in [0.5, 0.6) is 11.6 Å². The zero-order valence-electron chi connectivity index (χ0n) is 43.9. The number of aryl methyl sites for hydroxylation is 1. The van der Waals surface area contributed by atoms with Crippen LogP contribution in [0.2, 0.25) is 0 Å². The fourth-order valence-electron chi connectivity index (χ4n) is 7.04. The van der Waals surface area contributed by atoms with E-state index in [2.05, 4.69) is 10.2 Å². The van der Waals surface area contributed by atoms with Crippen LogP contribution in [0.3, 0.4) is 0 Å². The molecular weight excluding hydrogens is 901 g/mol. The Morgan fingerprint density at radius 2 is 1.34 bits per heavy atom. The molecule has 1 amide bonds. The second-order valence-corrected chi connectivity index (χ2v) is 22.6. The average molecular weight is 979 g/mol. The molecule has 0 saturated carbocycles. The molecule has 0 spiro atoms. The molecule has 70 heavy (non-hydrogen) atoms. The van der Waals surface area contributed by atoms with Crippen molar-refractivity contribution < 1.29 is 62.2 Å². The number of H-pyrrole nitrogens is 1. The van der Waals surface area contributed by atoms with E-state index in [0.717, 1.165) is 22.4 Å². The van der Waals surface area contributed by atoms with Crippen LogP contribution in [0.4, 0.5) is 0 Å². The number of aromatic nitrogens is 2. The third kappa shape index (κ3) is 16.5. The van der Waals surface area contributed by atoms with E-state index >= 15 is 0 Å². The molecule has 2 aromatic carbocycles. The molecule has 2 heterocycles. The van der Waals surface area contributed by atoms with Crippen molar-refractivity contribution in [1.82, 2.24) is 15.1 Å². The van der Waals surface area contributed by atoms with Crippen LogP contribution in [0, 0.1) is 28.6 Å². The zero-order chi connectivity index (χ0) is 52.5. The number of nitrogens with two attached hydrogens (primary N) is 1. The number of carbonyl (C=O) groups excluding carboxylic acids is 5. The number of ether oxygens (including phenoxy) is 7. The average Bonchev–Trinajstić information content (AvgIpc) is 3.64. The van der Waals surface area contributed by atoms with Gasteiger partial charge in [-0.25, -0.2) is 0 Å². The topological polar surface area (TPSA) is 228 Å². The molecule has 4 rings (SSSR count). The Bertz CT molecular complexity index is 2250. The lowest BCUT2D eigenvalue weighted by Gasteiger charge is -2.45. The number of nitrogens with zero attached hydrogens (tertiary/aromatic N) is 2. The summed E-state index contributed by atoms with van der Waals surface area (Å²) in [6.45, 7) is 26.6. The highest BCUT2D eigenvalue weighted by atomic mass is 16.7. The second-order valence-electron chi connectivity index (χ2n) is 22.6. The molecule has 1 saturated heterocycles. The molecular formula is C53H78N4O13. The lowest BCUT2D eigenvalue weighted by molar-refractivity contribution is -0.294. The number of primary amides is 1. The first kappa shape index (κ1) is 57.1. The predicted octanol–water partition coefficient (Wildman–Crippen LogP) is 7.12. The summed E-state index contributed by atoms with van der Waals surface area (Å²) in [5.74, 6) is -2.48. The van der Waals surface area contributed by atoms with Gasteiger partial charge in [-0.05, 0) is 125 Å². The molecule has 1 fully saturated rings. The first-order chi connectivity index (χ1) is 32.3. The summed E-state index contributed by atoms with van der Waals surface area (Å²) >= 11 is 0. The van der Waals surface area contributed by atoms with Crippen LogP contribution >= 0.6 is 0 Å². The second kappa shape index (κ2) is 23.6. The van der Waals surface area contributed by atoms with E-state index in [9.17, 15) is 29.1 Å². The standard InChI is InChI=1S/C53H78N4O13/c1-31(2)40-37(26-34-21-22-36(25-32(34)3)64-29-35(58)28-57(24-23-39(54)59)27-33-19-17-16-18-20-33)44(56-55-40)70-45-43(69-49(63)53(13,14)15)42(68-48(62)52(10,11)12)41(67-47(61)51(7,8)9)38(66-45)30-65-46(60)50(4,5)6/h16-22,25,31,35,38,41-43,45,58H,23-24,26-30H2,1-15H3,(H2,54,59)(H,55,56)/t35-,38+,41+,42-,43+,45-/m0/s1. The number of carbonyl (C=O) groups is 5. The number of esters is 4. The number of rotatable bonds is 20. The van der Waals surface area contributed by atoms with Crippen molar-refractivity contribution in [3.63, 3.8) is 0 Å². The first-order valence-electron chi connectivity index (χ1n) is 24.0. The maximum Gasteiger partial charge on any atom is 0.311 e. The summed E-state index contributed by atoms with van der Waals surface area (Å²) < 4.78 is 43.6.